The molecule has 6 rings (SSSR count). The SMILES string of the molecule is O=C(OCN1C(=O)CCc2ccc(OCCCCN3CCN(c4cccc5sccc45)CC3)cc21)C1CCCCC1. The molecule has 0 spiro atoms. The highest BCUT2D eigenvalue weighted by Crippen LogP contribution is 2.33. The van der Waals surface area contributed by atoms with Crippen LogP contribution < -0.4 is 14.5 Å². The zero-order valence-corrected chi connectivity index (χ0v) is 24.7. The molecule has 0 unspecified atom stereocenters. The van der Waals surface area contributed by atoms with Gasteiger partial charge < -0.3 is 14.4 Å². The molecule has 3 heterocycles. The number of hydrogen-bond acceptors (Lipinski definition) is 7. The summed E-state index contributed by atoms with van der Waals surface area (Å²) < 4.78 is 13.1. The van der Waals surface area contributed by atoms with E-state index in [-0.39, 0.29) is 24.5 Å². The van der Waals surface area contributed by atoms with E-state index in [0.717, 1.165) is 88.2 Å². The number of esters is 1. The molecule has 0 radical (unpaired) electrons. The van der Waals surface area contributed by atoms with Crippen LogP contribution in [0.15, 0.2) is 47.8 Å². The lowest BCUT2D eigenvalue weighted by Gasteiger charge is -2.36. The van der Waals surface area contributed by atoms with Gasteiger partial charge in [-0.25, -0.2) is 0 Å². The van der Waals surface area contributed by atoms with Gasteiger partial charge in [0.05, 0.1) is 18.2 Å². The molecule has 3 aliphatic rings. The molecule has 0 N–H and O–H groups in total. The molecule has 0 atom stereocenters. The monoisotopic (exact) mass is 575 g/mol. The highest BCUT2D eigenvalue weighted by atomic mass is 32.1. The van der Waals surface area contributed by atoms with Crippen LogP contribution in [0.3, 0.4) is 0 Å². The van der Waals surface area contributed by atoms with Crippen LogP contribution in [0.5, 0.6) is 5.75 Å². The number of benzene rings is 2. The average molecular weight is 576 g/mol. The summed E-state index contributed by atoms with van der Waals surface area (Å²) >= 11 is 1.81. The normalized spacial score (nSPS) is 18.5. The second-order valence-electron chi connectivity index (χ2n) is 11.5. The fourth-order valence-electron chi connectivity index (χ4n) is 6.43. The molecule has 1 saturated carbocycles. The number of thiophene rings is 1. The molecule has 41 heavy (non-hydrogen) atoms. The maximum Gasteiger partial charge on any atom is 0.310 e. The summed E-state index contributed by atoms with van der Waals surface area (Å²) in [7, 11) is 0. The third-order valence-electron chi connectivity index (χ3n) is 8.85. The lowest BCUT2D eigenvalue weighted by Crippen LogP contribution is -2.46. The highest BCUT2D eigenvalue weighted by molar-refractivity contribution is 7.17. The van der Waals surface area contributed by atoms with Crippen LogP contribution in [0, 0.1) is 5.92 Å². The molecule has 7 nitrogen and oxygen atoms in total. The van der Waals surface area contributed by atoms with E-state index >= 15 is 0 Å². The first kappa shape index (κ1) is 28.0. The van der Waals surface area contributed by atoms with Crippen molar-refractivity contribution >= 4 is 44.7 Å². The highest BCUT2D eigenvalue weighted by Gasteiger charge is 2.28. The molecule has 1 amide bonds. The van der Waals surface area contributed by atoms with E-state index in [1.165, 1.54) is 22.2 Å². The summed E-state index contributed by atoms with van der Waals surface area (Å²) in [5.74, 6) is 0.567. The summed E-state index contributed by atoms with van der Waals surface area (Å²) in [4.78, 5) is 32.0. The number of nitrogens with zero attached hydrogens (tertiary/aromatic N) is 3. The fraction of sp³-hybridized carbons (Fsp3) is 0.515. The minimum Gasteiger partial charge on any atom is -0.494 e. The van der Waals surface area contributed by atoms with Crippen LogP contribution in [0.1, 0.15) is 56.9 Å². The van der Waals surface area contributed by atoms with E-state index in [4.69, 9.17) is 9.47 Å². The first-order valence-electron chi connectivity index (χ1n) is 15.3. The molecule has 2 aromatic carbocycles. The van der Waals surface area contributed by atoms with Crippen molar-refractivity contribution in [3.05, 3.63) is 53.4 Å². The smallest absolute Gasteiger partial charge is 0.310 e. The van der Waals surface area contributed by atoms with E-state index in [0.29, 0.717) is 19.4 Å². The topological polar surface area (TPSA) is 62.3 Å². The lowest BCUT2D eigenvalue weighted by atomic mass is 9.89. The summed E-state index contributed by atoms with van der Waals surface area (Å²) in [6.07, 6.45) is 8.34. The van der Waals surface area contributed by atoms with Crippen molar-refractivity contribution < 1.29 is 19.1 Å². The number of anilines is 2. The number of amides is 1. The zero-order chi connectivity index (χ0) is 28.0. The van der Waals surface area contributed by atoms with Gasteiger partial charge in [-0.1, -0.05) is 31.4 Å². The van der Waals surface area contributed by atoms with Crippen LogP contribution in [0.25, 0.3) is 10.1 Å². The predicted molar refractivity (Wildman–Crippen MR) is 165 cm³/mol. The van der Waals surface area contributed by atoms with Crippen LogP contribution in [-0.2, 0) is 20.7 Å². The van der Waals surface area contributed by atoms with Crippen LogP contribution in [-0.4, -0.2) is 62.8 Å². The maximum atomic E-state index is 12.7. The number of aryl methyl sites for hydroxylation is 1. The van der Waals surface area contributed by atoms with Gasteiger partial charge in [-0.05, 0) is 73.9 Å². The summed E-state index contributed by atoms with van der Waals surface area (Å²) in [6, 6.07) is 14.8. The third-order valence-corrected chi connectivity index (χ3v) is 9.74. The van der Waals surface area contributed by atoms with Crippen molar-refractivity contribution in [2.75, 3.05) is 55.9 Å². The minimum atomic E-state index is -0.168. The molecule has 3 aromatic rings. The second kappa shape index (κ2) is 13.3. The Morgan fingerprint density at radius 3 is 2.63 bits per heavy atom. The van der Waals surface area contributed by atoms with Crippen molar-refractivity contribution in [3.8, 4) is 5.75 Å². The number of carbonyl (C=O) groups excluding carboxylic acids is 2. The van der Waals surface area contributed by atoms with Crippen molar-refractivity contribution in [1.82, 2.24) is 4.90 Å². The number of fused-ring (bicyclic) bond motifs is 2. The average Bonchev–Trinajstić information content (AvgIpc) is 3.50. The van der Waals surface area contributed by atoms with E-state index in [2.05, 4.69) is 39.4 Å². The molecule has 8 heteroatoms. The first-order chi connectivity index (χ1) is 20.2. The van der Waals surface area contributed by atoms with E-state index in [9.17, 15) is 9.59 Å². The molecule has 1 aromatic heterocycles. The van der Waals surface area contributed by atoms with Gasteiger partial charge in [-0.3, -0.25) is 19.4 Å². The van der Waals surface area contributed by atoms with Gasteiger partial charge in [0.25, 0.3) is 0 Å². The van der Waals surface area contributed by atoms with Gasteiger partial charge in [-0.15, -0.1) is 11.3 Å². The van der Waals surface area contributed by atoms with Gasteiger partial charge in [0.2, 0.25) is 5.91 Å². The van der Waals surface area contributed by atoms with Gasteiger partial charge in [0.15, 0.2) is 6.73 Å². The Morgan fingerprint density at radius 1 is 0.927 bits per heavy atom. The van der Waals surface area contributed by atoms with E-state index < -0.39 is 0 Å². The number of ether oxygens (including phenoxy) is 2. The van der Waals surface area contributed by atoms with Crippen molar-refractivity contribution in [3.63, 3.8) is 0 Å². The molecular formula is C33H41N3O4S. The second-order valence-corrected chi connectivity index (χ2v) is 12.5. The van der Waals surface area contributed by atoms with Gasteiger partial charge in [0.1, 0.15) is 5.75 Å². The Balaban J connectivity index is 0.942. The molecule has 2 fully saturated rings. The van der Waals surface area contributed by atoms with Crippen LogP contribution in [0.4, 0.5) is 11.4 Å². The third kappa shape index (κ3) is 6.70. The molecule has 0 bridgehead atoms. The number of piperazine rings is 1. The van der Waals surface area contributed by atoms with Crippen molar-refractivity contribution in [2.45, 2.75) is 57.8 Å². The van der Waals surface area contributed by atoms with Gasteiger partial charge in [0, 0.05) is 54.4 Å². The molecule has 2 aliphatic heterocycles. The predicted octanol–water partition coefficient (Wildman–Crippen LogP) is 6.24. The number of rotatable bonds is 10. The summed E-state index contributed by atoms with van der Waals surface area (Å²) in [5.41, 5.74) is 3.27. The van der Waals surface area contributed by atoms with Crippen molar-refractivity contribution in [1.29, 1.82) is 0 Å². The quantitative estimate of drug-likeness (QED) is 0.211. The first-order valence-corrected chi connectivity index (χ1v) is 16.2. The fourth-order valence-corrected chi connectivity index (χ4v) is 7.23. The van der Waals surface area contributed by atoms with Gasteiger partial charge >= 0.3 is 5.97 Å². The molecule has 1 saturated heterocycles. The molecule has 1 aliphatic carbocycles. The van der Waals surface area contributed by atoms with Crippen molar-refractivity contribution in [2.24, 2.45) is 5.92 Å². The Bertz CT molecular complexity index is 1340. The van der Waals surface area contributed by atoms with E-state index in [1.54, 1.807) is 4.90 Å². The Labute approximate surface area is 247 Å². The van der Waals surface area contributed by atoms with Gasteiger partial charge in [-0.2, -0.15) is 0 Å². The lowest BCUT2D eigenvalue weighted by molar-refractivity contribution is -0.150. The minimum absolute atomic E-state index is 0.00167. The molecular weight excluding hydrogens is 534 g/mol. The Morgan fingerprint density at radius 2 is 1.78 bits per heavy atom. The zero-order valence-electron chi connectivity index (χ0n) is 23.9. The van der Waals surface area contributed by atoms with Crippen LogP contribution >= 0.6 is 11.3 Å². The largest absolute Gasteiger partial charge is 0.494 e. The number of hydrogen-bond donors (Lipinski definition) is 0. The number of unbranched alkanes of at least 4 members (excludes halogenated alkanes) is 1. The van der Waals surface area contributed by atoms with E-state index in [1.807, 2.05) is 29.5 Å². The Kier molecular flexibility index (Phi) is 9.06. The maximum absolute atomic E-state index is 12.7. The standard InChI is InChI=1S/C33H41N3O4S/c37-32-14-12-25-11-13-27(23-30(25)36(32)24-40-33(38)26-7-2-1-3-8-26)39-21-5-4-16-34-17-19-35(20-18-34)29-9-6-10-31-28(29)15-22-41-31/h6,9-11,13,15,22-23,26H,1-5,7-8,12,14,16-21,24H2. The Hall–Kier alpha value is -3.10. The number of carbonyl (C=O) groups is 2. The van der Waals surface area contributed by atoms with Crippen LogP contribution in [0.2, 0.25) is 0 Å². The summed E-state index contributed by atoms with van der Waals surface area (Å²) in [6.45, 7) is 6.00. The summed E-state index contributed by atoms with van der Waals surface area (Å²) in [5, 5.41) is 3.56. The molecule has 218 valence electrons.